The van der Waals surface area contributed by atoms with Crippen LogP contribution in [0.2, 0.25) is 0 Å². The molecule has 0 saturated heterocycles. The predicted molar refractivity (Wildman–Crippen MR) is 71.9 cm³/mol. The van der Waals surface area contributed by atoms with Gasteiger partial charge in [-0.25, -0.2) is 4.39 Å². The molecule has 2 aromatic carbocycles. The van der Waals surface area contributed by atoms with Crippen molar-refractivity contribution < 1.29 is 18.4 Å². The number of halogens is 2. The molecule has 2 N–H and O–H groups in total. The Morgan fingerprint density at radius 3 is 2.48 bits per heavy atom. The van der Waals surface area contributed by atoms with Crippen LogP contribution >= 0.6 is 0 Å². The fourth-order valence-corrected chi connectivity index (χ4v) is 1.74. The van der Waals surface area contributed by atoms with E-state index < -0.39 is 34.0 Å². The molecule has 0 radical (unpaired) electrons. The van der Waals surface area contributed by atoms with E-state index in [1.807, 2.05) is 6.07 Å². The highest BCUT2D eigenvalue weighted by Gasteiger charge is 2.19. The Bertz CT molecular complexity index is 650. The number of rotatable bonds is 5. The van der Waals surface area contributed by atoms with E-state index in [0.717, 1.165) is 5.56 Å². The van der Waals surface area contributed by atoms with Gasteiger partial charge in [0.2, 0.25) is 5.82 Å². The maximum absolute atomic E-state index is 13.6. The predicted octanol–water partition coefficient (Wildman–Crippen LogP) is 2.95. The van der Waals surface area contributed by atoms with Gasteiger partial charge in [0, 0.05) is 6.07 Å². The number of nitro groups is 1. The summed E-state index contributed by atoms with van der Waals surface area (Å²) in [7, 11) is 0. The summed E-state index contributed by atoms with van der Waals surface area (Å²) in [5.74, 6) is -2.59. The number of nitrogens with two attached hydrogens (primary N) is 1. The maximum atomic E-state index is 13.6. The number of nitrogens with zero attached hydrogens (tertiary/aromatic N) is 1. The van der Waals surface area contributed by atoms with Crippen LogP contribution in [0.15, 0.2) is 42.5 Å². The first-order chi connectivity index (χ1) is 9.99. The summed E-state index contributed by atoms with van der Waals surface area (Å²) < 4.78 is 32.1. The average molecular weight is 294 g/mol. The molecule has 2 aromatic rings. The molecule has 0 aliphatic carbocycles. The first-order valence-electron chi connectivity index (χ1n) is 6.06. The van der Waals surface area contributed by atoms with Gasteiger partial charge in [0.25, 0.3) is 0 Å². The highest BCUT2D eigenvalue weighted by atomic mass is 19.1. The lowest BCUT2D eigenvalue weighted by atomic mass is 10.1. The van der Waals surface area contributed by atoms with Gasteiger partial charge >= 0.3 is 5.69 Å². The van der Waals surface area contributed by atoms with Crippen LogP contribution in [0.4, 0.5) is 14.5 Å². The lowest BCUT2D eigenvalue weighted by Gasteiger charge is -2.14. The Morgan fingerprint density at radius 2 is 1.86 bits per heavy atom. The van der Waals surface area contributed by atoms with E-state index in [4.69, 9.17) is 10.5 Å². The van der Waals surface area contributed by atoms with E-state index in [2.05, 4.69) is 0 Å². The van der Waals surface area contributed by atoms with Crippen molar-refractivity contribution in [2.75, 3.05) is 6.61 Å². The highest BCUT2D eigenvalue weighted by Crippen LogP contribution is 2.27. The second-order valence-electron chi connectivity index (χ2n) is 4.32. The Labute approximate surface area is 119 Å². The fourth-order valence-electron chi connectivity index (χ4n) is 1.74. The van der Waals surface area contributed by atoms with Crippen LogP contribution in [0.25, 0.3) is 0 Å². The topological polar surface area (TPSA) is 78.4 Å². The van der Waals surface area contributed by atoms with Gasteiger partial charge < -0.3 is 10.5 Å². The lowest BCUT2D eigenvalue weighted by molar-refractivity contribution is -0.387. The van der Waals surface area contributed by atoms with Crippen molar-refractivity contribution in [3.8, 4) is 5.75 Å². The monoisotopic (exact) mass is 294 g/mol. The van der Waals surface area contributed by atoms with Crippen LogP contribution in [0.5, 0.6) is 5.75 Å². The van der Waals surface area contributed by atoms with Crippen LogP contribution < -0.4 is 10.5 Å². The molecule has 0 aliphatic heterocycles. The molecule has 0 aliphatic rings. The molecule has 1 unspecified atom stereocenters. The molecule has 0 amide bonds. The molecule has 5 nitrogen and oxygen atoms in total. The first kappa shape index (κ1) is 14.9. The molecular formula is C14H12F2N2O3. The Hall–Kier alpha value is -2.54. The standard InChI is InChI=1S/C14H12F2N2O3/c15-10-7-14(11(16)6-13(10)18(19)20)21-8-12(17)9-4-2-1-3-5-9/h1-7,12H,8,17H2. The minimum Gasteiger partial charge on any atom is -0.488 e. The summed E-state index contributed by atoms with van der Waals surface area (Å²) in [6.07, 6.45) is 0. The third-order valence-corrected chi connectivity index (χ3v) is 2.84. The summed E-state index contributed by atoms with van der Waals surface area (Å²) in [5.41, 5.74) is 5.70. The zero-order valence-corrected chi connectivity index (χ0v) is 10.8. The third kappa shape index (κ3) is 3.51. The van der Waals surface area contributed by atoms with Crippen molar-refractivity contribution in [3.63, 3.8) is 0 Å². The molecular weight excluding hydrogens is 282 g/mol. The van der Waals surface area contributed by atoms with Gasteiger partial charge in [-0.15, -0.1) is 0 Å². The number of hydrogen-bond donors (Lipinski definition) is 1. The largest absolute Gasteiger partial charge is 0.488 e. The molecule has 0 heterocycles. The van der Waals surface area contributed by atoms with Crippen LogP contribution in [-0.4, -0.2) is 11.5 Å². The average Bonchev–Trinajstić information content (AvgIpc) is 2.48. The molecule has 0 saturated carbocycles. The summed E-state index contributed by atoms with van der Waals surface area (Å²) in [6, 6.07) is 9.57. The maximum Gasteiger partial charge on any atom is 0.307 e. The Morgan fingerprint density at radius 1 is 1.19 bits per heavy atom. The van der Waals surface area contributed by atoms with Crippen molar-refractivity contribution in [3.05, 3.63) is 69.8 Å². The quantitative estimate of drug-likeness (QED) is 0.679. The Kier molecular flexibility index (Phi) is 4.44. The van der Waals surface area contributed by atoms with Gasteiger partial charge in [0.1, 0.15) is 6.61 Å². The molecule has 110 valence electrons. The highest BCUT2D eigenvalue weighted by molar-refractivity contribution is 5.39. The summed E-state index contributed by atoms with van der Waals surface area (Å²) >= 11 is 0. The van der Waals surface area contributed by atoms with Gasteiger partial charge in [-0.3, -0.25) is 10.1 Å². The number of ether oxygens (including phenoxy) is 1. The van der Waals surface area contributed by atoms with E-state index in [9.17, 15) is 18.9 Å². The fraction of sp³-hybridized carbons (Fsp3) is 0.143. The minimum absolute atomic E-state index is 0.0851. The van der Waals surface area contributed by atoms with Crippen LogP contribution in [0, 0.1) is 21.7 Å². The van der Waals surface area contributed by atoms with Gasteiger partial charge in [-0.05, 0) is 5.56 Å². The van der Waals surface area contributed by atoms with E-state index in [-0.39, 0.29) is 6.61 Å². The number of hydrogen-bond acceptors (Lipinski definition) is 4. The van der Waals surface area contributed by atoms with Gasteiger partial charge in [0.05, 0.1) is 17.0 Å². The summed E-state index contributed by atoms with van der Waals surface area (Å²) in [6.45, 7) is -0.0851. The van der Waals surface area contributed by atoms with E-state index >= 15 is 0 Å². The van der Waals surface area contributed by atoms with Crippen molar-refractivity contribution in [2.45, 2.75) is 6.04 Å². The third-order valence-electron chi connectivity index (χ3n) is 2.84. The zero-order valence-electron chi connectivity index (χ0n) is 10.8. The van der Waals surface area contributed by atoms with Crippen molar-refractivity contribution in [1.82, 2.24) is 0 Å². The van der Waals surface area contributed by atoms with Crippen molar-refractivity contribution in [2.24, 2.45) is 5.73 Å². The summed E-state index contributed by atoms with van der Waals surface area (Å²) in [4.78, 5) is 9.47. The molecule has 21 heavy (non-hydrogen) atoms. The molecule has 0 bridgehead atoms. The van der Waals surface area contributed by atoms with Crippen molar-refractivity contribution in [1.29, 1.82) is 0 Å². The van der Waals surface area contributed by atoms with Gasteiger partial charge in [-0.1, -0.05) is 30.3 Å². The SMILES string of the molecule is NC(COc1cc(F)c([N+](=O)[O-])cc1F)c1ccccc1. The first-order valence-corrected chi connectivity index (χ1v) is 6.06. The van der Waals surface area contributed by atoms with E-state index in [0.29, 0.717) is 12.1 Å². The number of benzene rings is 2. The van der Waals surface area contributed by atoms with Gasteiger partial charge in [-0.2, -0.15) is 4.39 Å². The smallest absolute Gasteiger partial charge is 0.307 e. The molecule has 2 rings (SSSR count). The molecule has 0 fully saturated rings. The van der Waals surface area contributed by atoms with E-state index in [1.165, 1.54) is 0 Å². The lowest BCUT2D eigenvalue weighted by Crippen LogP contribution is -2.19. The zero-order chi connectivity index (χ0) is 15.4. The molecule has 0 aromatic heterocycles. The normalized spacial score (nSPS) is 12.0. The molecule has 0 spiro atoms. The van der Waals surface area contributed by atoms with E-state index in [1.54, 1.807) is 24.3 Å². The Balaban J connectivity index is 2.10. The van der Waals surface area contributed by atoms with Crippen LogP contribution in [0.3, 0.4) is 0 Å². The second kappa shape index (κ2) is 6.27. The molecule has 1 atom stereocenters. The van der Waals surface area contributed by atoms with Gasteiger partial charge in [0.15, 0.2) is 11.6 Å². The molecule has 7 heteroatoms. The number of nitro benzene ring substituents is 1. The summed E-state index contributed by atoms with van der Waals surface area (Å²) in [5, 5.41) is 10.5. The van der Waals surface area contributed by atoms with Crippen LogP contribution in [0.1, 0.15) is 11.6 Å². The second-order valence-corrected chi connectivity index (χ2v) is 4.32. The minimum atomic E-state index is -1.16. The van der Waals surface area contributed by atoms with Crippen molar-refractivity contribution >= 4 is 5.69 Å². The van der Waals surface area contributed by atoms with Crippen LogP contribution in [-0.2, 0) is 0 Å².